The van der Waals surface area contributed by atoms with Gasteiger partial charge in [0.05, 0.1) is 0 Å². The molecule has 1 amide bonds. The molecule has 0 fully saturated rings. The third-order valence-electron chi connectivity index (χ3n) is 3.02. The molecule has 110 valence electrons. The normalized spacial score (nSPS) is 13.5. The predicted molar refractivity (Wildman–Crippen MR) is 79.8 cm³/mol. The highest BCUT2D eigenvalue weighted by molar-refractivity contribution is 6.21. The first kappa shape index (κ1) is 20.2. The fourth-order valence-corrected chi connectivity index (χ4v) is 2.05. The van der Waals surface area contributed by atoms with E-state index >= 15 is 0 Å². The first-order chi connectivity index (χ1) is 8.07. The van der Waals surface area contributed by atoms with Gasteiger partial charge >= 0.3 is 6.09 Å². The number of alkyl halides is 1. The maximum atomic E-state index is 10.4. The maximum absolute atomic E-state index is 10.4. The lowest BCUT2D eigenvalue weighted by Gasteiger charge is -2.17. The van der Waals surface area contributed by atoms with Crippen molar-refractivity contribution < 1.29 is 9.90 Å². The van der Waals surface area contributed by atoms with Crippen molar-refractivity contribution in [2.45, 2.75) is 70.7 Å². The molecule has 0 aromatic carbocycles. The minimum absolute atomic E-state index is 0. The number of unbranched alkanes of at least 4 members (excludes halogenated alkanes) is 6. The number of carboxylic acid groups (broad SMARTS) is 1. The lowest BCUT2D eigenvalue weighted by molar-refractivity contribution is 0.190. The Bertz CT molecular complexity index is 203. The first-order valence-corrected chi connectivity index (χ1v) is 7.15. The van der Waals surface area contributed by atoms with Crippen LogP contribution in [0.15, 0.2) is 0 Å². The van der Waals surface area contributed by atoms with Crippen molar-refractivity contribution >= 4 is 30.1 Å². The van der Waals surface area contributed by atoms with Gasteiger partial charge in [-0.25, -0.2) is 4.79 Å². The van der Waals surface area contributed by atoms with Crippen LogP contribution in [0, 0.1) is 5.92 Å². The van der Waals surface area contributed by atoms with Crippen molar-refractivity contribution in [3.8, 4) is 0 Å². The zero-order valence-corrected chi connectivity index (χ0v) is 13.0. The molecule has 0 aliphatic carbocycles. The molecule has 5 heteroatoms. The van der Waals surface area contributed by atoms with E-state index in [0.29, 0.717) is 0 Å². The fraction of sp³-hybridized carbons (Fsp3) is 0.923. The number of rotatable bonds is 10. The third-order valence-corrected chi connectivity index (χ3v) is 3.56. The smallest absolute Gasteiger partial charge is 0.405 e. The van der Waals surface area contributed by atoms with Gasteiger partial charge in [0.1, 0.15) is 5.50 Å². The second kappa shape index (κ2) is 13.3. The van der Waals surface area contributed by atoms with Gasteiger partial charge < -0.3 is 10.4 Å². The van der Waals surface area contributed by atoms with Crippen molar-refractivity contribution in [2.75, 3.05) is 0 Å². The lowest BCUT2D eigenvalue weighted by atomic mass is 10.0. The van der Waals surface area contributed by atoms with Gasteiger partial charge in [0.25, 0.3) is 0 Å². The molecule has 0 rings (SSSR count). The van der Waals surface area contributed by atoms with Crippen LogP contribution in [-0.2, 0) is 0 Å². The van der Waals surface area contributed by atoms with E-state index < -0.39 is 11.6 Å². The molecule has 2 unspecified atom stereocenters. The van der Waals surface area contributed by atoms with Gasteiger partial charge in [-0.3, -0.25) is 0 Å². The summed E-state index contributed by atoms with van der Waals surface area (Å²) in [5.41, 5.74) is -0.465. The number of hydrogen-bond acceptors (Lipinski definition) is 1. The summed E-state index contributed by atoms with van der Waals surface area (Å²) in [7, 11) is 0. The summed E-state index contributed by atoms with van der Waals surface area (Å²) in [6, 6.07) is 0. The minimum Gasteiger partial charge on any atom is -0.465 e. The number of carbonyl (C=O) groups is 1. The Labute approximate surface area is 122 Å². The molecule has 0 heterocycles. The molecule has 18 heavy (non-hydrogen) atoms. The fourth-order valence-electron chi connectivity index (χ4n) is 1.83. The molecule has 0 aromatic heterocycles. The van der Waals surface area contributed by atoms with Crippen LogP contribution >= 0.6 is 24.0 Å². The van der Waals surface area contributed by atoms with Crippen molar-refractivity contribution in [1.82, 2.24) is 5.32 Å². The summed E-state index contributed by atoms with van der Waals surface area (Å²) in [6.07, 6.45) is 8.87. The number of halogens is 2. The van der Waals surface area contributed by atoms with Crippen LogP contribution in [-0.4, -0.2) is 16.7 Å². The molecule has 3 nitrogen and oxygen atoms in total. The molecule has 0 spiro atoms. The van der Waals surface area contributed by atoms with Crippen molar-refractivity contribution in [3.05, 3.63) is 0 Å². The van der Waals surface area contributed by atoms with Crippen LogP contribution in [0.1, 0.15) is 65.2 Å². The largest absolute Gasteiger partial charge is 0.465 e. The van der Waals surface area contributed by atoms with Crippen LogP contribution in [0.2, 0.25) is 0 Å². The molecule has 0 aliphatic rings. The molecule has 0 aromatic rings. The van der Waals surface area contributed by atoms with Crippen molar-refractivity contribution in [1.29, 1.82) is 0 Å². The average molecular weight is 300 g/mol. The molecule has 0 saturated heterocycles. The van der Waals surface area contributed by atoms with E-state index in [2.05, 4.69) is 12.2 Å². The highest BCUT2D eigenvalue weighted by Crippen LogP contribution is 2.17. The van der Waals surface area contributed by atoms with E-state index in [1.165, 1.54) is 38.5 Å². The zero-order chi connectivity index (χ0) is 13.1. The Morgan fingerprint density at radius 3 is 2.17 bits per heavy atom. The van der Waals surface area contributed by atoms with E-state index in [4.69, 9.17) is 16.7 Å². The minimum atomic E-state index is -1.04. The standard InChI is InChI=1S/C13H26ClNO2.ClH/c1-3-4-5-6-7-8-9-10-11(2)12(14)15-13(16)17;/h11-12,15H,3-10H2,1-2H3,(H,16,17);1H. The lowest BCUT2D eigenvalue weighted by Crippen LogP contribution is -2.34. The Hall–Kier alpha value is -0.150. The van der Waals surface area contributed by atoms with E-state index in [1.54, 1.807) is 0 Å². The highest BCUT2D eigenvalue weighted by atomic mass is 35.5. The van der Waals surface area contributed by atoms with Gasteiger partial charge in [-0.15, -0.1) is 12.4 Å². The van der Waals surface area contributed by atoms with E-state index in [-0.39, 0.29) is 18.3 Å². The van der Waals surface area contributed by atoms with E-state index in [0.717, 1.165) is 12.8 Å². The van der Waals surface area contributed by atoms with E-state index in [9.17, 15) is 4.79 Å². The summed E-state index contributed by atoms with van der Waals surface area (Å²) in [4.78, 5) is 10.4. The Kier molecular flexibility index (Phi) is 14.9. The second-order valence-corrected chi connectivity index (χ2v) is 5.21. The molecule has 0 saturated carbocycles. The Morgan fingerprint density at radius 2 is 1.67 bits per heavy atom. The van der Waals surface area contributed by atoms with Gasteiger partial charge in [-0.1, -0.05) is 70.4 Å². The topological polar surface area (TPSA) is 49.3 Å². The molecule has 0 aliphatic heterocycles. The first-order valence-electron chi connectivity index (χ1n) is 6.71. The number of nitrogens with one attached hydrogen (secondary N) is 1. The molecule has 0 bridgehead atoms. The Balaban J connectivity index is 0. The summed E-state index contributed by atoms with van der Waals surface area (Å²) in [5.74, 6) is 0.198. The second-order valence-electron chi connectivity index (χ2n) is 4.74. The van der Waals surface area contributed by atoms with Crippen LogP contribution in [0.5, 0.6) is 0 Å². The Morgan fingerprint density at radius 1 is 1.17 bits per heavy atom. The molecule has 2 atom stereocenters. The quantitative estimate of drug-likeness (QED) is 0.338. The van der Waals surface area contributed by atoms with Gasteiger partial charge in [0.2, 0.25) is 0 Å². The van der Waals surface area contributed by atoms with Gasteiger partial charge in [-0.05, 0) is 12.3 Å². The van der Waals surface area contributed by atoms with Crippen molar-refractivity contribution in [3.63, 3.8) is 0 Å². The summed E-state index contributed by atoms with van der Waals surface area (Å²) in [5, 5.41) is 10.8. The summed E-state index contributed by atoms with van der Waals surface area (Å²) in [6.45, 7) is 4.21. The average Bonchev–Trinajstić information content (AvgIpc) is 2.26. The SMILES string of the molecule is CCCCCCCCCC(C)C(Cl)NC(=O)O.Cl. The maximum Gasteiger partial charge on any atom is 0.405 e. The zero-order valence-electron chi connectivity index (χ0n) is 11.5. The summed E-state index contributed by atoms with van der Waals surface area (Å²) >= 11 is 5.92. The predicted octanol–water partition coefficient (Wildman–Crippen LogP) is 5.02. The third kappa shape index (κ3) is 12.3. The molecular weight excluding hydrogens is 273 g/mol. The van der Waals surface area contributed by atoms with Crippen LogP contribution in [0.3, 0.4) is 0 Å². The van der Waals surface area contributed by atoms with Gasteiger partial charge in [0.15, 0.2) is 0 Å². The highest BCUT2D eigenvalue weighted by Gasteiger charge is 2.15. The van der Waals surface area contributed by atoms with Crippen LogP contribution < -0.4 is 5.32 Å². The molecule has 2 N–H and O–H groups in total. The van der Waals surface area contributed by atoms with E-state index in [1.807, 2.05) is 6.92 Å². The number of amides is 1. The monoisotopic (exact) mass is 299 g/mol. The number of hydrogen-bond donors (Lipinski definition) is 2. The molecule has 0 radical (unpaired) electrons. The summed E-state index contributed by atoms with van der Waals surface area (Å²) < 4.78 is 0. The molecular formula is C13H27Cl2NO2. The van der Waals surface area contributed by atoms with Crippen LogP contribution in [0.4, 0.5) is 4.79 Å². The van der Waals surface area contributed by atoms with Crippen LogP contribution in [0.25, 0.3) is 0 Å². The van der Waals surface area contributed by atoms with Crippen molar-refractivity contribution in [2.24, 2.45) is 5.92 Å². The van der Waals surface area contributed by atoms with Gasteiger partial charge in [-0.2, -0.15) is 0 Å². The van der Waals surface area contributed by atoms with Gasteiger partial charge in [0, 0.05) is 0 Å².